The normalized spacial score (nSPS) is 17.2. The van der Waals surface area contributed by atoms with Crippen molar-refractivity contribution < 1.29 is 19.0 Å². The lowest BCUT2D eigenvalue weighted by Gasteiger charge is -2.16. The zero-order valence-corrected chi connectivity index (χ0v) is 14.5. The summed E-state index contributed by atoms with van der Waals surface area (Å²) in [6, 6.07) is 13.3. The zero-order chi connectivity index (χ0) is 18.1. The molecular formula is C21H17NO4. The maximum Gasteiger partial charge on any atom is 0.363 e. The van der Waals surface area contributed by atoms with E-state index in [0.29, 0.717) is 12.5 Å². The van der Waals surface area contributed by atoms with Crippen LogP contribution in [0.3, 0.4) is 0 Å². The number of hydrogen-bond donors (Lipinski definition) is 0. The van der Waals surface area contributed by atoms with Crippen LogP contribution in [-0.2, 0) is 9.53 Å². The van der Waals surface area contributed by atoms with Gasteiger partial charge in [0.05, 0.1) is 7.11 Å². The van der Waals surface area contributed by atoms with Crippen LogP contribution < -0.4 is 9.47 Å². The largest absolute Gasteiger partial charge is 0.497 e. The lowest BCUT2D eigenvalue weighted by Crippen LogP contribution is -2.08. The molecule has 2 aromatic carbocycles. The van der Waals surface area contributed by atoms with Crippen LogP contribution in [0, 0.1) is 6.92 Å². The van der Waals surface area contributed by atoms with Gasteiger partial charge in [-0.2, -0.15) is 0 Å². The molecule has 0 unspecified atom stereocenters. The number of carbonyl (C=O) groups is 1. The standard InChI is InChI=1S/C21H17NO4/c1-13-3-5-15(6-4-13)20-22-18(21(23)26-20)10-14-9-16-7-8-17(24-2)11-19(16)25-12-14/h3-11H,12H2,1-2H3. The van der Waals surface area contributed by atoms with Crippen molar-refractivity contribution in [2.75, 3.05) is 13.7 Å². The topological polar surface area (TPSA) is 57.1 Å². The lowest BCUT2D eigenvalue weighted by atomic mass is 10.1. The predicted molar refractivity (Wildman–Crippen MR) is 98.4 cm³/mol. The van der Waals surface area contributed by atoms with Crippen LogP contribution in [-0.4, -0.2) is 25.6 Å². The monoisotopic (exact) mass is 347 g/mol. The summed E-state index contributed by atoms with van der Waals surface area (Å²) in [5, 5.41) is 0. The summed E-state index contributed by atoms with van der Waals surface area (Å²) in [5.41, 5.74) is 3.96. The number of fused-ring (bicyclic) bond motifs is 1. The first kappa shape index (κ1) is 16.1. The van der Waals surface area contributed by atoms with Crippen LogP contribution in [0.15, 0.2) is 64.8 Å². The van der Waals surface area contributed by atoms with Crippen LogP contribution in [0.4, 0.5) is 0 Å². The number of rotatable bonds is 3. The number of aliphatic imine (C=N–C) groups is 1. The molecule has 130 valence electrons. The maximum atomic E-state index is 12.1. The van der Waals surface area contributed by atoms with E-state index >= 15 is 0 Å². The Labute approximate surface area is 151 Å². The van der Waals surface area contributed by atoms with E-state index in [0.717, 1.165) is 33.8 Å². The van der Waals surface area contributed by atoms with E-state index in [2.05, 4.69) is 4.99 Å². The Kier molecular flexibility index (Phi) is 4.05. The van der Waals surface area contributed by atoms with E-state index in [4.69, 9.17) is 14.2 Å². The third-order valence-corrected chi connectivity index (χ3v) is 4.20. The summed E-state index contributed by atoms with van der Waals surface area (Å²) in [6.45, 7) is 2.35. The Morgan fingerprint density at radius 3 is 2.73 bits per heavy atom. The number of ether oxygens (including phenoxy) is 3. The second-order valence-electron chi connectivity index (χ2n) is 6.11. The number of esters is 1. The van der Waals surface area contributed by atoms with Gasteiger partial charge in [-0.15, -0.1) is 0 Å². The molecule has 26 heavy (non-hydrogen) atoms. The number of hydrogen-bond acceptors (Lipinski definition) is 5. The minimum absolute atomic E-state index is 0.271. The van der Waals surface area contributed by atoms with Gasteiger partial charge in [0.1, 0.15) is 18.1 Å². The third-order valence-electron chi connectivity index (χ3n) is 4.20. The third kappa shape index (κ3) is 3.11. The van der Waals surface area contributed by atoms with Crippen LogP contribution in [0.1, 0.15) is 16.7 Å². The second-order valence-corrected chi connectivity index (χ2v) is 6.11. The number of aryl methyl sites for hydroxylation is 1. The molecule has 2 aromatic rings. The highest BCUT2D eigenvalue weighted by Gasteiger charge is 2.25. The molecule has 0 spiro atoms. The molecule has 0 saturated heterocycles. The van der Waals surface area contributed by atoms with E-state index in [-0.39, 0.29) is 5.70 Å². The number of benzene rings is 2. The van der Waals surface area contributed by atoms with Crippen LogP contribution in [0.2, 0.25) is 0 Å². The Bertz CT molecular complexity index is 968. The van der Waals surface area contributed by atoms with Gasteiger partial charge in [0.2, 0.25) is 5.90 Å². The quantitative estimate of drug-likeness (QED) is 0.628. The fraction of sp³-hybridized carbons (Fsp3) is 0.143. The molecule has 0 amide bonds. The molecular weight excluding hydrogens is 330 g/mol. The molecule has 0 saturated carbocycles. The highest BCUT2D eigenvalue weighted by atomic mass is 16.6. The van der Waals surface area contributed by atoms with Gasteiger partial charge in [-0.3, -0.25) is 0 Å². The number of carbonyl (C=O) groups excluding carboxylic acids is 1. The van der Waals surface area contributed by atoms with E-state index < -0.39 is 5.97 Å². The summed E-state index contributed by atoms with van der Waals surface area (Å²) >= 11 is 0. The number of methoxy groups -OCH3 is 1. The van der Waals surface area contributed by atoms with E-state index in [1.165, 1.54) is 0 Å². The smallest absolute Gasteiger partial charge is 0.363 e. The van der Waals surface area contributed by atoms with Crippen molar-refractivity contribution in [1.82, 2.24) is 0 Å². The summed E-state index contributed by atoms with van der Waals surface area (Å²) < 4.78 is 16.3. The van der Waals surface area contributed by atoms with Crippen molar-refractivity contribution in [3.8, 4) is 11.5 Å². The Balaban J connectivity index is 1.62. The van der Waals surface area contributed by atoms with Crippen molar-refractivity contribution >= 4 is 17.9 Å². The summed E-state index contributed by atoms with van der Waals surface area (Å²) in [4.78, 5) is 16.5. The van der Waals surface area contributed by atoms with Gasteiger partial charge in [-0.25, -0.2) is 9.79 Å². The molecule has 2 heterocycles. The molecule has 0 N–H and O–H groups in total. The SMILES string of the molecule is COc1ccc2c(c1)OCC(C=C1N=C(c3ccc(C)cc3)OC1=O)=C2. The van der Waals surface area contributed by atoms with Crippen LogP contribution in [0.5, 0.6) is 11.5 Å². The Morgan fingerprint density at radius 1 is 1.15 bits per heavy atom. The fourth-order valence-corrected chi connectivity index (χ4v) is 2.78. The van der Waals surface area contributed by atoms with E-state index in [1.54, 1.807) is 13.2 Å². The molecule has 0 atom stereocenters. The lowest BCUT2D eigenvalue weighted by molar-refractivity contribution is -0.130. The zero-order valence-electron chi connectivity index (χ0n) is 14.5. The van der Waals surface area contributed by atoms with Gasteiger partial charge in [-0.1, -0.05) is 17.7 Å². The molecule has 2 aliphatic rings. The Hall–Kier alpha value is -3.34. The molecule has 0 bridgehead atoms. The summed E-state index contributed by atoms with van der Waals surface area (Å²) in [5.74, 6) is 1.36. The molecule has 0 aromatic heterocycles. The van der Waals surface area contributed by atoms with Crippen LogP contribution >= 0.6 is 0 Å². The highest BCUT2D eigenvalue weighted by Crippen LogP contribution is 2.31. The molecule has 0 aliphatic carbocycles. The van der Waals surface area contributed by atoms with Crippen molar-refractivity contribution in [2.45, 2.75) is 6.92 Å². The van der Waals surface area contributed by atoms with Crippen molar-refractivity contribution in [2.24, 2.45) is 4.99 Å². The first-order chi connectivity index (χ1) is 12.6. The number of nitrogens with zero attached hydrogens (tertiary/aromatic N) is 1. The average Bonchev–Trinajstić information content (AvgIpc) is 3.02. The van der Waals surface area contributed by atoms with Gasteiger partial charge in [0, 0.05) is 17.2 Å². The summed E-state index contributed by atoms with van der Waals surface area (Å²) in [6.07, 6.45) is 3.68. The summed E-state index contributed by atoms with van der Waals surface area (Å²) in [7, 11) is 1.62. The fourth-order valence-electron chi connectivity index (χ4n) is 2.78. The van der Waals surface area contributed by atoms with Crippen LogP contribution in [0.25, 0.3) is 6.08 Å². The van der Waals surface area contributed by atoms with Gasteiger partial charge < -0.3 is 14.2 Å². The molecule has 0 radical (unpaired) electrons. The Morgan fingerprint density at radius 2 is 1.96 bits per heavy atom. The van der Waals surface area contributed by atoms with Gasteiger partial charge >= 0.3 is 5.97 Å². The van der Waals surface area contributed by atoms with E-state index in [9.17, 15) is 4.79 Å². The minimum Gasteiger partial charge on any atom is -0.497 e. The van der Waals surface area contributed by atoms with Crippen molar-refractivity contribution in [1.29, 1.82) is 0 Å². The van der Waals surface area contributed by atoms with Crippen molar-refractivity contribution in [3.63, 3.8) is 0 Å². The first-order valence-corrected chi connectivity index (χ1v) is 8.23. The highest BCUT2D eigenvalue weighted by molar-refractivity contribution is 6.11. The molecule has 4 rings (SSSR count). The van der Waals surface area contributed by atoms with Crippen molar-refractivity contribution in [3.05, 3.63) is 76.5 Å². The molecule has 5 nitrogen and oxygen atoms in total. The predicted octanol–water partition coefficient (Wildman–Crippen LogP) is 3.67. The second kappa shape index (κ2) is 6.52. The maximum absolute atomic E-state index is 12.1. The molecule has 2 aliphatic heterocycles. The van der Waals surface area contributed by atoms with Gasteiger partial charge in [-0.05, 0) is 48.9 Å². The van der Waals surface area contributed by atoms with E-state index in [1.807, 2.05) is 55.5 Å². The number of cyclic esters (lactones) is 1. The van der Waals surface area contributed by atoms with Gasteiger partial charge in [0.15, 0.2) is 5.70 Å². The first-order valence-electron chi connectivity index (χ1n) is 8.23. The minimum atomic E-state index is -0.456. The average molecular weight is 347 g/mol. The van der Waals surface area contributed by atoms with Gasteiger partial charge in [0.25, 0.3) is 0 Å². The molecule has 0 fully saturated rings. The molecule has 5 heteroatoms.